The number of hydrogen-bond acceptors (Lipinski definition) is 4. The minimum Gasteiger partial charge on any atom is -0.493 e. The molecule has 1 spiro atoms. The van der Waals surface area contributed by atoms with Crippen LogP contribution in [0.4, 0.5) is 5.69 Å². The maximum absolute atomic E-state index is 12.6. The van der Waals surface area contributed by atoms with Gasteiger partial charge in [-0.2, -0.15) is 0 Å². The standard InChI is InChI=1S/C33H36ClNO4/c34-25-9-5-10-26(22-25)35-33(31(36)37)17-15-32(16-18-33)24(21-23-7-1-3-12-28(23)32)8-6-19-38-30-14-20-39-29-13-4-2-11-27(29)30/h1-5,7,9-13,22,24,30,35H,6,8,14-21H2,(H,36,37). The summed E-state index contributed by atoms with van der Waals surface area (Å²) in [6.07, 6.45) is 6.94. The van der Waals surface area contributed by atoms with Crippen LogP contribution in [-0.4, -0.2) is 29.8 Å². The minimum absolute atomic E-state index is 0.0107. The summed E-state index contributed by atoms with van der Waals surface area (Å²) in [6.45, 7) is 1.41. The summed E-state index contributed by atoms with van der Waals surface area (Å²) in [5.74, 6) is 0.637. The van der Waals surface area contributed by atoms with Gasteiger partial charge in [-0.3, -0.25) is 0 Å². The molecule has 0 radical (unpaired) electrons. The second-order valence-electron chi connectivity index (χ2n) is 11.4. The second-order valence-corrected chi connectivity index (χ2v) is 11.9. The van der Waals surface area contributed by atoms with Gasteiger partial charge in [0.05, 0.1) is 12.7 Å². The Hall–Kier alpha value is -3.02. The topological polar surface area (TPSA) is 67.8 Å². The molecule has 2 atom stereocenters. The lowest BCUT2D eigenvalue weighted by molar-refractivity contribution is -0.144. The fraction of sp³-hybridized carbons (Fsp3) is 0.424. The van der Waals surface area contributed by atoms with Crippen molar-refractivity contribution in [1.82, 2.24) is 0 Å². The molecule has 0 amide bonds. The van der Waals surface area contributed by atoms with E-state index in [-0.39, 0.29) is 11.5 Å². The van der Waals surface area contributed by atoms with E-state index in [0.717, 1.165) is 62.1 Å². The maximum atomic E-state index is 12.6. The number of para-hydroxylation sites is 1. The van der Waals surface area contributed by atoms with Crippen LogP contribution in [0.25, 0.3) is 0 Å². The highest BCUT2D eigenvalue weighted by atomic mass is 35.5. The van der Waals surface area contributed by atoms with Gasteiger partial charge < -0.3 is 19.9 Å². The fourth-order valence-corrected chi connectivity index (χ4v) is 7.51. The average molecular weight is 546 g/mol. The number of fused-ring (bicyclic) bond motifs is 3. The van der Waals surface area contributed by atoms with E-state index >= 15 is 0 Å². The van der Waals surface area contributed by atoms with Crippen LogP contribution >= 0.6 is 11.6 Å². The SMILES string of the molecule is O=C(O)C1(Nc2cccc(Cl)c2)CCC2(CC1)c1ccccc1CC2CCCOC1CCOc2ccccc21. The number of halogens is 1. The Kier molecular flexibility index (Phi) is 7.30. The van der Waals surface area contributed by atoms with E-state index in [1.54, 1.807) is 12.1 Å². The summed E-state index contributed by atoms with van der Waals surface area (Å²) in [4.78, 5) is 12.6. The molecule has 2 N–H and O–H groups in total. The molecule has 0 saturated heterocycles. The van der Waals surface area contributed by atoms with Crippen LogP contribution in [0.15, 0.2) is 72.8 Å². The normalized spacial score (nSPS) is 27.4. The number of nitrogens with one attached hydrogen (secondary N) is 1. The predicted octanol–water partition coefficient (Wildman–Crippen LogP) is 7.58. The van der Waals surface area contributed by atoms with Crippen molar-refractivity contribution in [3.05, 3.63) is 94.5 Å². The van der Waals surface area contributed by atoms with E-state index < -0.39 is 11.5 Å². The first-order valence-corrected chi connectivity index (χ1v) is 14.6. The van der Waals surface area contributed by atoms with Crippen LogP contribution in [0.3, 0.4) is 0 Å². The predicted molar refractivity (Wildman–Crippen MR) is 154 cm³/mol. The quantitative estimate of drug-likeness (QED) is 0.285. The van der Waals surface area contributed by atoms with Crippen LogP contribution in [0.2, 0.25) is 5.02 Å². The van der Waals surface area contributed by atoms with Gasteiger partial charge in [0.25, 0.3) is 0 Å². The molecule has 1 saturated carbocycles. The summed E-state index contributed by atoms with van der Waals surface area (Å²) in [5, 5.41) is 14.3. The molecule has 3 aromatic rings. The first-order valence-electron chi connectivity index (χ1n) is 14.2. The lowest BCUT2D eigenvalue weighted by Crippen LogP contribution is -2.53. The molecule has 5 nitrogen and oxygen atoms in total. The summed E-state index contributed by atoms with van der Waals surface area (Å²) in [6, 6.07) is 24.4. The van der Waals surface area contributed by atoms with Gasteiger partial charge in [0.15, 0.2) is 0 Å². The smallest absolute Gasteiger partial charge is 0.329 e. The fourth-order valence-electron chi connectivity index (χ4n) is 7.32. The molecule has 204 valence electrons. The zero-order valence-corrected chi connectivity index (χ0v) is 23.0. The van der Waals surface area contributed by atoms with Crippen LogP contribution in [0.1, 0.15) is 67.7 Å². The molecular weight excluding hydrogens is 510 g/mol. The Labute approximate surface area is 235 Å². The van der Waals surface area contributed by atoms with Crippen molar-refractivity contribution in [1.29, 1.82) is 0 Å². The van der Waals surface area contributed by atoms with Gasteiger partial charge in [-0.05, 0) is 91.7 Å². The zero-order chi connectivity index (χ0) is 26.9. The third-order valence-electron chi connectivity index (χ3n) is 9.33. The number of ether oxygens (including phenoxy) is 2. The van der Waals surface area contributed by atoms with Gasteiger partial charge in [0.1, 0.15) is 11.3 Å². The molecule has 3 aliphatic rings. The minimum atomic E-state index is -0.989. The first kappa shape index (κ1) is 26.2. The summed E-state index contributed by atoms with van der Waals surface area (Å²) in [7, 11) is 0. The number of aliphatic carboxylic acids is 1. The van der Waals surface area contributed by atoms with Gasteiger partial charge >= 0.3 is 5.97 Å². The average Bonchev–Trinajstić information content (AvgIpc) is 3.25. The third-order valence-corrected chi connectivity index (χ3v) is 9.57. The molecule has 1 fully saturated rings. The van der Waals surface area contributed by atoms with Gasteiger partial charge in [0, 0.05) is 29.3 Å². The molecule has 6 rings (SSSR count). The van der Waals surface area contributed by atoms with Crippen molar-refractivity contribution in [2.75, 3.05) is 18.5 Å². The molecule has 39 heavy (non-hydrogen) atoms. The first-order chi connectivity index (χ1) is 19.0. The third kappa shape index (κ3) is 5.03. The lowest BCUT2D eigenvalue weighted by atomic mass is 9.60. The van der Waals surface area contributed by atoms with Crippen molar-refractivity contribution in [2.45, 2.75) is 68.4 Å². The van der Waals surface area contributed by atoms with E-state index in [1.807, 2.05) is 30.3 Å². The number of carbonyl (C=O) groups is 1. The van der Waals surface area contributed by atoms with Gasteiger partial charge in [-0.15, -0.1) is 0 Å². The molecule has 1 aliphatic heterocycles. The number of rotatable bonds is 8. The summed E-state index contributed by atoms with van der Waals surface area (Å²) in [5.41, 5.74) is 3.78. The summed E-state index contributed by atoms with van der Waals surface area (Å²) >= 11 is 6.19. The van der Waals surface area contributed by atoms with Crippen molar-refractivity contribution >= 4 is 23.3 Å². The highest BCUT2D eigenvalue weighted by Gasteiger charge is 2.53. The molecule has 0 bridgehead atoms. The highest BCUT2D eigenvalue weighted by Crippen LogP contribution is 2.55. The van der Waals surface area contributed by atoms with Crippen LogP contribution in [0, 0.1) is 5.92 Å². The number of carboxylic acid groups (broad SMARTS) is 1. The number of carboxylic acids is 1. The van der Waals surface area contributed by atoms with Crippen LogP contribution in [-0.2, 0) is 21.4 Å². The van der Waals surface area contributed by atoms with Crippen molar-refractivity contribution in [3.63, 3.8) is 0 Å². The zero-order valence-electron chi connectivity index (χ0n) is 22.2. The Morgan fingerprint density at radius 2 is 1.82 bits per heavy atom. The molecule has 6 heteroatoms. The molecule has 0 aromatic heterocycles. The van der Waals surface area contributed by atoms with E-state index in [9.17, 15) is 9.90 Å². The Balaban J connectivity index is 1.15. The Morgan fingerprint density at radius 1 is 1.03 bits per heavy atom. The van der Waals surface area contributed by atoms with Crippen molar-refractivity contribution in [2.24, 2.45) is 5.92 Å². The van der Waals surface area contributed by atoms with E-state index in [4.69, 9.17) is 21.1 Å². The van der Waals surface area contributed by atoms with E-state index in [2.05, 4.69) is 35.6 Å². The van der Waals surface area contributed by atoms with Crippen LogP contribution < -0.4 is 10.1 Å². The van der Waals surface area contributed by atoms with Gasteiger partial charge in [0.2, 0.25) is 0 Å². The molecule has 1 heterocycles. The molecule has 2 unspecified atom stereocenters. The second kappa shape index (κ2) is 10.9. The monoisotopic (exact) mass is 545 g/mol. The Morgan fingerprint density at radius 3 is 2.64 bits per heavy atom. The molecule has 2 aliphatic carbocycles. The van der Waals surface area contributed by atoms with E-state index in [1.165, 1.54) is 11.1 Å². The van der Waals surface area contributed by atoms with Crippen molar-refractivity contribution in [3.8, 4) is 5.75 Å². The molecule has 3 aromatic carbocycles. The number of hydrogen-bond donors (Lipinski definition) is 2. The lowest BCUT2D eigenvalue weighted by Gasteiger charge is -2.47. The largest absolute Gasteiger partial charge is 0.493 e. The summed E-state index contributed by atoms with van der Waals surface area (Å²) < 4.78 is 12.2. The number of benzene rings is 3. The molecular formula is C33H36ClNO4. The van der Waals surface area contributed by atoms with Crippen LogP contribution in [0.5, 0.6) is 5.75 Å². The number of anilines is 1. The highest BCUT2D eigenvalue weighted by molar-refractivity contribution is 6.30. The van der Waals surface area contributed by atoms with E-state index in [0.29, 0.717) is 30.4 Å². The van der Waals surface area contributed by atoms with Crippen molar-refractivity contribution < 1.29 is 19.4 Å². The Bertz CT molecular complexity index is 1330. The maximum Gasteiger partial charge on any atom is 0.329 e. The van der Waals surface area contributed by atoms with Gasteiger partial charge in [-0.25, -0.2) is 4.79 Å². The van der Waals surface area contributed by atoms with Gasteiger partial charge in [-0.1, -0.05) is 60.1 Å².